The van der Waals surface area contributed by atoms with Gasteiger partial charge in [-0.2, -0.15) is 0 Å². The number of benzene rings is 7. The highest BCUT2D eigenvalue weighted by atomic mass is 32.1. The Hall–Kier alpha value is -5.84. The van der Waals surface area contributed by atoms with Gasteiger partial charge in [-0.15, -0.1) is 11.3 Å². The highest BCUT2D eigenvalue weighted by Gasteiger charge is 2.47. The van der Waals surface area contributed by atoms with E-state index >= 15 is 0 Å². The van der Waals surface area contributed by atoms with Gasteiger partial charge in [-0.3, -0.25) is 0 Å². The second-order valence-electron chi connectivity index (χ2n) is 22.6. The molecule has 2 aliphatic heterocycles. The Labute approximate surface area is 392 Å². The molecule has 65 heavy (non-hydrogen) atoms. The minimum Gasteiger partial charge on any atom is -0.311 e. The molecule has 0 saturated carbocycles. The van der Waals surface area contributed by atoms with Crippen LogP contribution in [0.4, 0.5) is 34.1 Å². The van der Waals surface area contributed by atoms with E-state index in [2.05, 4.69) is 232 Å². The van der Waals surface area contributed by atoms with Gasteiger partial charge in [0.05, 0.1) is 5.69 Å². The fourth-order valence-electron chi connectivity index (χ4n) is 11.1. The molecule has 4 heteroatoms. The Balaban J connectivity index is 1.27. The van der Waals surface area contributed by atoms with Gasteiger partial charge in [0.1, 0.15) is 0 Å². The lowest BCUT2D eigenvalue weighted by atomic mass is 9.36. The lowest BCUT2D eigenvalue weighted by Gasteiger charge is -2.44. The molecule has 0 amide bonds. The minimum absolute atomic E-state index is 0.0176. The molecule has 1 aliphatic carbocycles. The molecule has 0 bridgehead atoms. The molecule has 0 saturated heterocycles. The first-order valence-electron chi connectivity index (χ1n) is 23.7. The van der Waals surface area contributed by atoms with Crippen LogP contribution in [0.1, 0.15) is 110 Å². The number of hydrogen-bond acceptors (Lipinski definition) is 3. The second kappa shape index (κ2) is 14.6. The summed E-state index contributed by atoms with van der Waals surface area (Å²) in [6.45, 7) is 26.2. The van der Waals surface area contributed by atoms with Crippen molar-refractivity contribution in [3.8, 4) is 22.3 Å². The highest BCUT2D eigenvalue weighted by molar-refractivity contribution is 7.33. The molecular weight excluding hydrogens is 804 g/mol. The van der Waals surface area contributed by atoms with Crippen LogP contribution >= 0.6 is 11.3 Å². The van der Waals surface area contributed by atoms with Gasteiger partial charge in [-0.1, -0.05) is 154 Å². The first-order chi connectivity index (χ1) is 30.9. The van der Waals surface area contributed by atoms with Gasteiger partial charge < -0.3 is 9.80 Å². The van der Waals surface area contributed by atoms with Gasteiger partial charge in [-0.05, 0) is 163 Å². The number of anilines is 6. The Kier molecular flexibility index (Phi) is 9.39. The predicted octanol–water partition coefficient (Wildman–Crippen LogP) is 15.6. The molecule has 3 heterocycles. The van der Waals surface area contributed by atoms with Crippen LogP contribution in [0, 0.1) is 6.92 Å². The van der Waals surface area contributed by atoms with Gasteiger partial charge in [0.2, 0.25) is 0 Å². The Morgan fingerprint density at radius 1 is 0.508 bits per heavy atom. The van der Waals surface area contributed by atoms with Crippen molar-refractivity contribution in [2.75, 3.05) is 9.80 Å². The van der Waals surface area contributed by atoms with Crippen LogP contribution in [-0.4, -0.2) is 6.71 Å². The van der Waals surface area contributed by atoms with Crippen LogP contribution < -0.4 is 25.5 Å². The molecule has 1 aromatic heterocycles. The SMILES string of the molecule is Cc1cc2c3c(c1)N(c1cc(-c4ccccc4)cc(-c4ccccc4)c1)c1c(sc4cc5c(cc14)C(C)(C)CCC5(C)C)B3c1cc(C(C)(C)C)ccc1N2c1ccc(C(C)(C)C)cc1. The van der Waals surface area contributed by atoms with Crippen LogP contribution in [0.15, 0.2) is 146 Å². The van der Waals surface area contributed by atoms with E-state index in [1.807, 2.05) is 11.3 Å². The van der Waals surface area contributed by atoms with Crippen LogP contribution in [0.2, 0.25) is 0 Å². The topological polar surface area (TPSA) is 6.48 Å². The normalized spacial score (nSPS) is 16.0. The lowest BCUT2D eigenvalue weighted by molar-refractivity contribution is 0.332. The summed E-state index contributed by atoms with van der Waals surface area (Å²) in [4.78, 5) is 5.26. The first-order valence-corrected chi connectivity index (χ1v) is 24.6. The standard InChI is InChI=1S/C61H61BN2S/c1-38-30-52-55-53(31-38)64(46-33-41(39-18-14-12-15-19-39)32-42(34-46)40-20-16-13-17-21-40)56-47-36-48-49(61(10,11)29-28-60(48,8)9)37-54(47)65-57(56)62(55)50-35-44(59(5,6)7)24-27-51(50)63(52)45-25-22-43(23-26-45)58(2,3)4/h12-27,30-37H,28-29H2,1-11H3. The first kappa shape index (κ1) is 41.8. The zero-order valence-electron chi connectivity index (χ0n) is 40.2. The molecule has 3 aliphatic rings. The van der Waals surface area contributed by atoms with Gasteiger partial charge >= 0.3 is 0 Å². The molecule has 8 aromatic rings. The molecule has 11 rings (SSSR count). The van der Waals surface area contributed by atoms with Gasteiger partial charge in [0, 0.05) is 43.3 Å². The minimum atomic E-state index is -0.0176. The van der Waals surface area contributed by atoms with Crippen molar-refractivity contribution in [2.45, 2.75) is 111 Å². The van der Waals surface area contributed by atoms with Crippen molar-refractivity contribution >= 4 is 78.0 Å². The summed E-state index contributed by atoms with van der Waals surface area (Å²) in [7, 11) is 0. The van der Waals surface area contributed by atoms with Crippen molar-refractivity contribution in [2.24, 2.45) is 0 Å². The summed E-state index contributed by atoms with van der Waals surface area (Å²) < 4.78 is 2.81. The molecule has 0 unspecified atom stereocenters. The van der Waals surface area contributed by atoms with Gasteiger partial charge in [0.15, 0.2) is 0 Å². The number of rotatable bonds is 4. The Morgan fingerprint density at radius 3 is 1.62 bits per heavy atom. The smallest absolute Gasteiger partial charge is 0.264 e. The fourth-order valence-corrected chi connectivity index (χ4v) is 12.5. The summed E-state index contributed by atoms with van der Waals surface area (Å²) in [6.07, 6.45) is 2.37. The molecule has 0 N–H and O–H groups in total. The van der Waals surface area contributed by atoms with Crippen LogP contribution in [0.3, 0.4) is 0 Å². The number of aryl methyl sites for hydroxylation is 1. The number of hydrogen-bond donors (Lipinski definition) is 0. The fraction of sp³-hybridized carbons (Fsp3) is 0.279. The molecule has 7 aromatic carbocycles. The van der Waals surface area contributed by atoms with Crippen LogP contribution in [0.5, 0.6) is 0 Å². The maximum atomic E-state index is 2.68. The van der Waals surface area contributed by atoms with Crippen molar-refractivity contribution < 1.29 is 0 Å². The average molecular weight is 865 g/mol. The summed E-state index contributed by atoms with van der Waals surface area (Å²) in [6, 6.07) is 56.1. The van der Waals surface area contributed by atoms with E-state index in [-0.39, 0.29) is 28.4 Å². The zero-order chi connectivity index (χ0) is 45.4. The number of thiophene rings is 1. The second-order valence-corrected chi connectivity index (χ2v) is 23.7. The molecule has 0 atom stereocenters. The molecule has 0 radical (unpaired) electrons. The van der Waals surface area contributed by atoms with Crippen molar-refractivity contribution in [3.05, 3.63) is 173 Å². The number of nitrogens with zero attached hydrogens (tertiary/aromatic N) is 2. The summed E-state index contributed by atoms with van der Waals surface area (Å²) >= 11 is 2.03. The third-order valence-corrected chi connectivity index (χ3v) is 16.2. The summed E-state index contributed by atoms with van der Waals surface area (Å²) in [5, 5.41) is 1.36. The van der Waals surface area contributed by atoms with Crippen molar-refractivity contribution in [1.82, 2.24) is 0 Å². The monoisotopic (exact) mass is 864 g/mol. The van der Waals surface area contributed by atoms with E-state index < -0.39 is 0 Å². The highest BCUT2D eigenvalue weighted by Crippen LogP contribution is 2.53. The quantitative estimate of drug-likeness (QED) is 0.163. The number of fused-ring (bicyclic) bond motifs is 7. The third-order valence-electron chi connectivity index (χ3n) is 15.0. The van der Waals surface area contributed by atoms with Gasteiger partial charge in [-0.25, -0.2) is 0 Å². The molecule has 0 spiro atoms. The van der Waals surface area contributed by atoms with E-state index in [4.69, 9.17) is 0 Å². The predicted molar refractivity (Wildman–Crippen MR) is 284 cm³/mol. The van der Waals surface area contributed by atoms with Crippen molar-refractivity contribution in [3.63, 3.8) is 0 Å². The third kappa shape index (κ3) is 6.81. The summed E-state index contributed by atoms with van der Waals surface area (Å²) in [5.74, 6) is 0. The lowest BCUT2D eigenvalue weighted by Crippen LogP contribution is -2.60. The average Bonchev–Trinajstić information content (AvgIpc) is 3.65. The van der Waals surface area contributed by atoms with E-state index in [0.717, 1.165) is 0 Å². The largest absolute Gasteiger partial charge is 0.311 e. The van der Waals surface area contributed by atoms with E-state index in [9.17, 15) is 0 Å². The Morgan fingerprint density at radius 2 is 1.05 bits per heavy atom. The maximum absolute atomic E-state index is 2.68. The zero-order valence-corrected chi connectivity index (χ0v) is 41.0. The molecular formula is C61H61BN2S. The molecule has 0 fully saturated rings. The Bertz CT molecular complexity index is 3120. The summed E-state index contributed by atoms with van der Waals surface area (Å²) in [5.41, 5.74) is 22.3. The molecule has 2 nitrogen and oxygen atoms in total. The van der Waals surface area contributed by atoms with E-state index in [0.29, 0.717) is 0 Å². The van der Waals surface area contributed by atoms with E-state index in [1.165, 1.54) is 123 Å². The van der Waals surface area contributed by atoms with Crippen LogP contribution in [-0.2, 0) is 21.7 Å². The maximum Gasteiger partial charge on any atom is 0.264 e. The van der Waals surface area contributed by atoms with Gasteiger partial charge in [0.25, 0.3) is 6.71 Å². The van der Waals surface area contributed by atoms with Crippen LogP contribution in [0.25, 0.3) is 32.3 Å². The van der Waals surface area contributed by atoms with Crippen molar-refractivity contribution in [1.29, 1.82) is 0 Å². The van der Waals surface area contributed by atoms with E-state index in [1.54, 1.807) is 0 Å². The molecule has 324 valence electrons.